The van der Waals surface area contributed by atoms with Crippen LogP contribution in [0.25, 0.3) is 5.82 Å². The molecule has 0 radical (unpaired) electrons. The first-order valence-corrected chi connectivity index (χ1v) is 14.6. The van der Waals surface area contributed by atoms with Gasteiger partial charge in [0.15, 0.2) is 5.82 Å². The zero-order valence-corrected chi connectivity index (χ0v) is 24.9. The summed E-state index contributed by atoms with van der Waals surface area (Å²) >= 11 is 0. The standard InChI is InChI=1S/C26H34F3N7O5S/c1-16-19(13-34(6)31-16)42(39,40)33-23(38)18-7-8-20(30-22(18)35-12-17(14-37)11-25(35,4)5)36-10-9-21(32-36)41-15-24(2,3)26(27,28)29/h7-10,13,17,37H,11-12,14-15H2,1-6H3,(H,33,38). The normalized spacial score (nSPS) is 17.5. The summed E-state index contributed by atoms with van der Waals surface area (Å²) in [6, 6.07) is 4.22. The maximum atomic E-state index is 13.4. The van der Waals surface area contributed by atoms with Gasteiger partial charge in [0.1, 0.15) is 17.3 Å². The molecule has 1 aliphatic heterocycles. The van der Waals surface area contributed by atoms with E-state index in [-0.39, 0.29) is 46.2 Å². The molecule has 0 bridgehead atoms. The van der Waals surface area contributed by atoms with E-state index in [1.54, 1.807) is 7.05 Å². The Morgan fingerprint density at radius 2 is 1.90 bits per heavy atom. The zero-order chi connectivity index (χ0) is 31.3. The van der Waals surface area contributed by atoms with Gasteiger partial charge in [0.25, 0.3) is 15.9 Å². The monoisotopic (exact) mass is 613 g/mol. The zero-order valence-electron chi connectivity index (χ0n) is 24.1. The summed E-state index contributed by atoms with van der Waals surface area (Å²) in [4.78, 5) is 19.7. The highest BCUT2D eigenvalue weighted by molar-refractivity contribution is 7.90. The fourth-order valence-electron chi connectivity index (χ4n) is 4.75. The van der Waals surface area contributed by atoms with Gasteiger partial charge in [-0.3, -0.25) is 9.48 Å². The number of hydrogen-bond acceptors (Lipinski definition) is 9. The van der Waals surface area contributed by atoms with Crippen LogP contribution in [-0.4, -0.2) is 75.5 Å². The number of aryl methyl sites for hydroxylation is 2. The molecule has 0 aliphatic carbocycles. The number of amides is 1. The first-order valence-electron chi connectivity index (χ1n) is 13.1. The first kappa shape index (κ1) is 31.3. The summed E-state index contributed by atoms with van der Waals surface area (Å²) in [5.41, 5.74) is -2.48. The van der Waals surface area contributed by atoms with Crippen molar-refractivity contribution in [3.8, 4) is 11.7 Å². The van der Waals surface area contributed by atoms with E-state index in [1.165, 1.54) is 46.9 Å². The third-order valence-electron chi connectivity index (χ3n) is 7.21. The molecule has 3 aromatic heterocycles. The van der Waals surface area contributed by atoms with E-state index < -0.39 is 39.7 Å². The number of aromatic nitrogens is 5. The molecule has 0 spiro atoms. The number of anilines is 1. The molecule has 12 nitrogen and oxygen atoms in total. The topological polar surface area (TPSA) is 144 Å². The lowest BCUT2D eigenvalue weighted by molar-refractivity contribution is -0.219. The minimum Gasteiger partial charge on any atom is -0.476 e. The van der Waals surface area contributed by atoms with Gasteiger partial charge < -0.3 is 14.7 Å². The van der Waals surface area contributed by atoms with Crippen LogP contribution in [0.5, 0.6) is 5.88 Å². The Bertz CT molecular complexity index is 1580. The van der Waals surface area contributed by atoms with Gasteiger partial charge in [-0.1, -0.05) is 0 Å². The number of carbonyl (C=O) groups excluding carboxylic acids is 1. The van der Waals surface area contributed by atoms with E-state index in [0.29, 0.717) is 13.0 Å². The molecule has 1 amide bonds. The van der Waals surface area contributed by atoms with Gasteiger partial charge in [0, 0.05) is 50.1 Å². The third-order valence-corrected chi connectivity index (χ3v) is 8.65. The number of nitrogens with zero attached hydrogens (tertiary/aromatic N) is 6. The van der Waals surface area contributed by atoms with E-state index in [1.807, 2.05) is 18.7 Å². The highest BCUT2D eigenvalue weighted by Gasteiger charge is 2.48. The summed E-state index contributed by atoms with van der Waals surface area (Å²) in [6.45, 7) is 6.98. The molecule has 1 atom stereocenters. The number of rotatable bonds is 9. The molecule has 3 aromatic rings. The lowest BCUT2D eigenvalue weighted by Gasteiger charge is -2.33. The molecular formula is C26H34F3N7O5S. The summed E-state index contributed by atoms with van der Waals surface area (Å²) in [6.07, 6.45) is -1.15. The van der Waals surface area contributed by atoms with Gasteiger partial charge in [0.05, 0.1) is 16.7 Å². The SMILES string of the molecule is Cc1nn(C)cc1S(=O)(=O)NC(=O)c1ccc(-n2ccc(OCC(C)(C)C(F)(F)F)n2)nc1N1CC(CO)CC1(C)C. The third kappa shape index (κ3) is 6.23. The van der Waals surface area contributed by atoms with Gasteiger partial charge in [-0.15, -0.1) is 5.10 Å². The Morgan fingerprint density at radius 1 is 1.21 bits per heavy atom. The van der Waals surface area contributed by atoms with Crippen LogP contribution in [0, 0.1) is 18.3 Å². The van der Waals surface area contributed by atoms with E-state index in [9.17, 15) is 31.5 Å². The van der Waals surface area contributed by atoms with E-state index in [4.69, 9.17) is 4.74 Å². The van der Waals surface area contributed by atoms with Crippen molar-refractivity contribution in [2.24, 2.45) is 18.4 Å². The number of aliphatic hydroxyl groups excluding tert-OH is 1. The van der Waals surface area contributed by atoms with Crippen molar-refractivity contribution in [2.75, 3.05) is 24.7 Å². The average Bonchev–Trinajstić information content (AvgIpc) is 3.57. The number of halogens is 3. The number of aliphatic hydroxyl groups is 1. The second kappa shape index (κ2) is 10.9. The summed E-state index contributed by atoms with van der Waals surface area (Å²) < 4.78 is 75.8. The van der Waals surface area contributed by atoms with Crippen molar-refractivity contribution in [1.29, 1.82) is 0 Å². The molecule has 16 heteroatoms. The lowest BCUT2D eigenvalue weighted by atomic mass is 9.94. The molecule has 0 saturated carbocycles. The molecule has 1 fully saturated rings. The molecule has 2 N–H and O–H groups in total. The summed E-state index contributed by atoms with van der Waals surface area (Å²) in [7, 11) is -2.71. The van der Waals surface area contributed by atoms with E-state index in [0.717, 1.165) is 13.8 Å². The molecule has 1 saturated heterocycles. The Labute approximate surface area is 241 Å². The van der Waals surface area contributed by atoms with Crippen molar-refractivity contribution in [1.82, 2.24) is 29.3 Å². The van der Waals surface area contributed by atoms with Gasteiger partial charge in [-0.25, -0.2) is 22.8 Å². The van der Waals surface area contributed by atoms with Crippen LogP contribution in [0.2, 0.25) is 0 Å². The predicted molar refractivity (Wildman–Crippen MR) is 146 cm³/mol. The summed E-state index contributed by atoms with van der Waals surface area (Å²) in [5, 5.41) is 18.0. The predicted octanol–water partition coefficient (Wildman–Crippen LogP) is 2.99. The number of carbonyl (C=O) groups is 1. The van der Waals surface area contributed by atoms with Crippen molar-refractivity contribution < 1.29 is 36.2 Å². The number of hydrogen-bond donors (Lipinski definition) is 2. The van der Waals surface area contributed by atoms with Crippen LogP contribution in [0.1, 0.15) is 50.2 Å². The van der Waals surface area contributed by atoms with E-state index in [2.05, 4.69) is 19.9 Å². The van der Waals surface area contributed by atoms with Crippen LogP contribution in [-0.2, 0) is 17.1 Å². The van der Waals surface area contributed by atoms with Crippen LogP contribution in [0.3, 0.4) is 0 Å². The Balaban J connectivity index is 1.69. The van der Waals surface area contributed by atoms with Gasteiger partial charge >= 0.3 is 6.18 Å². The van der Waals surface area contributed by atoms with Crippen LogP contribution in [0.15, 0.2) is 35.5 Å². The number of nitrogens with one attached hydrogen (secondary N) is 1. The molecule has 230 valence electrons. The molecule has 0 aromatic carbocycles. The van der Waals surface area contributed by atoms with Gasteiger partial charge in [-0.05, 0) is 53.2 Å². The smallest absolute Gasteiger partial charge is 0.397 e. The first-order chi connectivity index (χ1) is 19.3. The molecule has 4 heterocycles. The molecular weight excluding hydrogens is 579 g/mol. The van der Waals surface area contributed by atoms with Gasteiger partial charge in [-0.2, -0.15) is 18.3 Å². The second-order valence-electron chi connectivity index (χ2n) is 11.7. The van der Waals surface area contributed by atoms with Crippen LogP contribution >= 0.6 is 0 Å². The lowest BCUT2D eigenvalue weighted by Crippen LogP contribution is -2.41. The molecule has 42 heavy (non-hydrogen) atoms. The Hall–Kier alpha value is -3.66. The fourth-order valence-corrected chi connectivity index (χ4v) is 5.94. The van der Waals surface area contributed by atoms with Crippen molar-refractivity contribution >= 4 is 21.7 Å². The largest absolute Gasteiger partial charge is 0.476 e. The second-order valence-corrected chi connectivity index (χ2v) is 13.3. The fraction of sp³-hybridized carbons (Fsp3) is 0.538. The van der Waals surface area contributed by atoms with Gasteiger partial charge in [0.2, 0.25) is 5.88 Å². The Morgan fingerprint density at radius 3 is 2.48 bits per heavy atom. The number of ether oxygens (including phenoxy) is 1. The minimum absolute atomic E-state index is 0.0360. The quantitative estimate of drug-likeness (QED) is 0.372. The van der Waals surface area contributed by atoms with Crippen molar-refractivity contribution in [3.05, 3.63) is 41.9 Å². The average molecular weight is 614 g/mol. The minimum atomic E-state index is -4.47. The Kier molecular flexibility index (Phi) is 8.10. The van der Waals surface area contributed by atoms with Crippen LogP contribution in [0.4, 0.5) is 19.0 Å². The molecule has 1 aliphatic rings. The number of sulfonamides is 1. The van der Waals surface area contributed by atoms with Crippen LogP contribution < -0.4 is 14.4 Å². The van der Waals surface area contributed by atoms with E-state index >= 15 is 0 Å². The highest BCUT2D eigenvalue weighted by atomic mass is 32.2. The maximum absolute atomic E-state index is 13.4. The summed E-state index contributed by atoms with van der Waals surface area (Å²) in [5.74, 6) is -0.738. The number of pyridine rings is 1. The molecule has 4 rings (SSSR count). The maximum Gasteiger partial charge on any atom is 0.397 e. The molecule has 1 unspecified atom stereocenters. The number of alkyl halides is 3. The highest BCUT2D eigenvalue weighted by Crippen LogP contribution is 2.39. The van der Waals surface area contributed by atoms with Crippen molar-refractivity contribution in [2.45, 2.75) is 57.7 Å². The van der Waals surface area contributed by atoms with Crippen molar-refractivity contribution in [3.63, 3.8) is 0 Å².